The van der Waals surface area contributed by atoms with Gasteiger partial charge in [-0.3, -0.25) is 0 Å². The Hall–Kier alpha value is -2.42. The smallest absolute Gasteiger partial charge is 0.147 e. The number of nitriles is 4. The molecule has 0 spiro atoms. The molecule has 0 aliphatic rings. The first-order chi connectivity index (χ1) is 16.1. The van der Waals surface area contributed by atoms with E-state index in [0.717, 1.165) is 87.0 Å². The minimum absolute atomic E-state index is 0.120. The minimum Gasteiger partial charge on any atom is -0.192 e. The van der Waals surface area contributed by atoms with E-state index in [9.17, 15) is 21.0 Å². The van der Waals surface area contributed by atoms with E-state index in [0.29, 0.717) is 4.53 Å². The van der Waals surface area contributed by atoms with Crippen LogP contribution in [0.1, 0.15) is 76.3 Å². The van der Waals surface area contributed by atoms with E-state index in [4.69, 9.17) is 0 Å². The molecule has 0 radical (unpaired) electrons. The number of hydrogen-bond acceptors (Lipinski definition) is 6. The molecular weight excluding hydrogens is 512 g/mol. The largest absolute Gasteiger partial charge is 0.192 e. The Morgan fingerprint density at radius 2 is 1.33 bits per heavy atom. The molecule has 0 bridgehead atoms. The number of hydrogen-bond donors (Lipinski definition) is 0. The van der Waals surface area contributed by atoms with Crippen molar-refractivity contribution in [3.05, 3.63) is 39.8 Å². The van der Waals surface area contributed by atoms with E-state index >= 15 is 0 Å². The zero-order valence-corrected chi connectivity index (χ0v) is 22.4. The van der Waals surface area contributed by atoms with E-state index in [1.165, 1.54) is 29.1 Å². The van der Waals surface area contributed by atoms with E-state index in [2.05, 4.69) is 41.9 Å². The van der Waals surface area contributed by atoms with Crippen LogP contribution < -0.4 is 9.06 Å². The molecule has 0 aromatic carbocycles. The molecular formula is C26H27BrN4S2. The van der Waals surface area contributed by atoms with Gasteiger partial charge in [-0.2, -0.15) is 21.0 Å². The van der Waals surface area contributed by atoms with Gasteiger partial charge in [0, 0.05) is 9.01 Å². The van der Waals surface area contributed by atoms with Gasteiger partial charge in [-0.25, -0.2) is 0 Å². The van der Waals surface area contributed by atoms with Crippen LogP contribution >= 0.6 is 38.6 Å². The molecule has 7 heteroatoms. The topological polar surface area (TPSA) is 95.2 Å². The third kappa shape index (κ3) is 6.79. The molecule has 2 heterocycles. The minimum atomic E-state index is 0.120. The summed E-state index contributed by atoms with van der Waals surface area (Å²) < 4.78 is 4.35. The molecule has 2 aromatic rings. The highest BCUT2D eigenvalue weighted by atomic mass is 79.9. The Kier molecular flexibility index (Phi) is 11.4. The third-order valence-corrected chi connectivity index (χ3v) is 9.20. The number of nitrogens with zero attached hydrogens (tertiary/aromatic N) is 4. The summed E-state index contributed by atoms with van der Waals surface area (Å²) in [6, 6.07) is 10.1. The summed E-state index contributed by atoms with van der Waals surface area (Å²) in [7, 11) is 0. The predicted molar refractivity (Wildman–Crippen MR) is 138 cm³/mol. The number of halogens is 1. The second kappa shape index (κ2) is 14.0. The summed E-state index contributed by atoms with van der Waals surface area (Å²) in [6.45, 7) is 4.35. The SMILES string of the molecule is CCCCCCc1c(Br)/c(=c2/sc(=C(C#N)C#N)cc2CCCCCC)sc1=C(C#N)C#N. The van der Waals surface area contributed by atoms with Crippen LogP contribution in [0.4, 0.5) is 0 Å². The van der Waals surface area contributed by atoms with Crippen molar-refractivity contribution in [2.24, 2.45) is 0 Å². The average Bonchev–Trinajstić information content (AvgIpc) is 3.37. The molecule has 33 heavy (non-hydrogen) atoms. The first-order valence-corrected chi connectivity index (χ1v) is 13.8. The van der Waals surface area contributed by atoms with Gasteiger partial charge >= 0.3 is 0 Å². The van der Waals surface area contributed by atoms with Crippen LogP contribution in [-0.2, 0) is 12.8 Å². The predicted octanol–water partition coefficient (Wildman–Crippen LogP) is 6.50. The highest BCUT2D eigenvalue weighted by Crippen LogP contribution is 2.26. The maximum Gasteiger partial charge on any atom is 0.147 e. The zero-order valence-electron chi connectivity index (χ0n) is 19.1. The fraction of sp³-hybridized carbons (Fsp3) is 0.462. The molecule has 0 fully saturated rings. The van der Waals surface area contributed by atoms with Gasteiger partial charge in [0.1, 0.15) is 35.4 Å². The van der Waals surface area contributed by atoms with Crippen molar-refractivity contribution in [2.75, 3.05) is 0 Å². The Bertz CT molecular complexity index is 1320. The van der Waals surface area contributed by atoms with Crippen molar-refractivity contribution in [3.63, 3.8) is 0 Å². The fourth-order valence-electron chi connectivity index (χ4n) is 3.68. The van der Waals surface area contributed by atoms with Crippen molar-refractivity contribution < 1.29 is 0 Å². The normalized spacial score (nSPS) is 11.2. The summed E-state index contributed by atoms with van der Waals surface area (Å²) >= 11 is 6.71. The molecule has 0 N–H and O–H groups in total. The van der Waals surface area contributed by atoms with Crippen LogP contribution in [0.25, 0.3) is 11.1 Å². The van der Waals surface area contributed by atoms with Gasteiger partial charge in [-0.05, 0) is 58.8 Å². The van der Waals surface area contributed by atoms with Crippen molar-refractivity contribution >= 4 is 49.7 Å². The number of thiophene rings is 2. The molecule has 0 saturated carbocycles. The maximum atomic E-state index is 9.56. The summed E-state index contributed by atoms with van der Waals surface area (Å²) in [5, 5.41) is 37.9. The summed E-state index contributed by atoms with van der Waals surface area (Å²) in [5.74, 6) is 0. The first-order valence-electron chi connectivity index (χ1n) is 11.3. The summed E-state index contributed by atoms with van der Waals surface area (Å²) in [6.07, 6.45) is 10.6. The van der Waals surface area contributed by atoms with Crippen molar-refractivity contribution in [3.8, 4) is 24.3 Å². The van der Waals surface area contributed by atoms with Crippen LogP contribution in [0.5, 0.6) is 0 Å². The second-order valence-corrected chi connectivity index (χ2v) is 10.7. The molecule has 0 aliphatic carbocycles. The van der Waals surface area contributed by atoms with Crippen LogP contribution in [0, 0.1) is 54.4 Å². The van der Waals surface area contributed by atoms with Gasteiger partial charge in [0.2, 0.25) is 0 Å². The van der Waals surface area contributed by atoms with E-state index in [1.54, 1.807) is 0 Å². The number of aryl methyl sites for hydroxylation is 1. The molecule has 2 aromatic heterocycles. The number of unbranched alkanes of at least 4 members (excludes halogenated alkanes) is 6. The highest BCUT2D eigenvalue weighted by molar-refractivity contribution is 9.10. The lowest BCUT2D eigenvalue weighted by Crippen LogP contribution is -2.06. The van der Waals surface area contributed by atoms with E-state index in [1.807, 2.05) is 18.2 Å². The van der Waals surface area contributed by atoms with Gasteiger partial charge in [-0.1, -0.05) is 52.4 Å². The van der Waals surface area contributed by atoms with Gasteiger partial charge in [0.05, 0.1) is 13.6 Å². The average molecular weight is 540 g/mol. The molecule has 0 unspecified atom stereocenters. The molecule has 4 nitrogen and oxygen atoms in total. The van der Waals surface area contributed by atoms with Crippen molar-refractivity contribution in [1.29, 1.82) is 21.0 Å². The lowest BCUT2D eigenvalue weighted by atomic mass is 10.1. The van der Waals surface area contributed by atoms with Gasteiger partial charge in [0.25, 0.3) is 0 Å². The van der Waals surface area contributed by atoms with Gasteiger partial charge in [-0.15, -0.1) is 22.7 Å². The molecule has 170 valence electrons. The lowest BCUT2D eigenvalue weighted by Gasteiger charge is -2.00. The Balaban J connectivity index is 2.85. The molecule has 2 rings (SSSR count). The van der Waals surface area contributed by atoms with Crippen LogP contribution in [0.15, 0.2) is 10.5 Å². The first kappa shape index (κ1) is 26.8. The molecule has 0 amide bonds. The number of rotatable bonds is 10. The third-order valence-electron chi connectivity index (χ3n) is 5.46. The second-order valence-electron chi connectivity index (χ2n) is 7.84. The van der Waals surface area contributed by atoms with Crippen molar-refractivity contribution in [2.45, 2.75) is 78.1 Å². The maximum absolute atomic E-state index is 9.56. The van der Waals surface area contributed by atoms with E-state index < -0.39 is 0 Å². The van der Waals surface area contributed by atoms with Gasteiger partial charge in [0.15, 0.2) is 0 Å². The molecule has 0 atom stereocenters. The Morgan fingerprint density at radius 3 is 1.88 bits per heavy atom. The van der Waals surface area contributed by atoms with Crippen LogP contribution in [-0.4, -0.2) is 0 Å². The van der Waals surface area contributed by atoms with Crippen LogP contribution in [0.3, 0.4) is 0 Å². The lowest BCUT2D eigenvalue weighted by molar-refractivity contribution is 0.665. The van der Waals surface area contributed by atoms with E-state index in [-0.39, 0.29) is 11.1 Å². The zero-order chi connectivity index (χ0) is 24.2. The summed E-state index contributed by atoms with van der Waals surface area (Å²) in [5.41, 5.74) is 2.39. The molecule has 0 saturated heterocycles. The Morgan fingerprint density at radius 1 is 0.758 bits per heavy atom. The van der Waals surface area contributed by atoms with Crippen molar-refractivity contribution in [1.82, 2.24) is 0 Å². The monoisotopic (exact) mass is 538 g/mol. The summed E-state index contributed by atoms with van der Waals surface area (Å²) in [4.78, 5) is 0. The Labute approximate surface area is 212 Å². The fourth-order valence-corrected chi connectivity index (χ4v) is 7.29. The molecule has 0 aliphatic heterocycles. The van der Waals surface area contributed by atoms with Gasteiger partial charge < -0.3 is 0 Å². The highest BCUT2D eigenvalue weighted by Gasteiger charge is 2.14. The standard InChI is InChI=1S/C26H27BrN4S2/c1-3-5-7-9-11-18-13-22(19(14-28)15-29)32-25(18)26-23(27)21(12-10-8-6-4-2)24(33-26)20(16-30)17-31/h13H,3-12H2,1-2H3/b26-25-. The van der Waals surface area contributed by atoms with Crippen LogP contribution in [0.2, 0.25) is 0 Å². The quantitative estimate of drug-likeness (QED) is 0.322.